The fourth-order valence-corrected chi connectivity index (χ4v) is 4.98. The number of aryl methyl sites for hydroxylation is 2. The summed E-state index contributed by atoms with van der Waals surface area (Å²) in [5, 5.41) is 6.88. The molecule has 0 aliphatic carbocycles. The Balaban J connectivity index is 1.79. The minimum Gasteiger partial charge on any atom is -0.318 e. The van der Waals surface area contributed by atoms with Gasteiger partial charge in [0, 0.05) is 21.8 Å². The van der Waals surface area contributed by atoms with Crippen LogP contribution in [0.3, 0.4) is 0 Å². The van der Waals surface area contributed by atoms with Gasteiger partial charge < -0.3 is 4.90 Å². The van der Waals surface area contributed by atoms with Crippen molar-refractivity contribution in [3.63, 3.8) is 0 Å². The first-order chi connectivity index (χ1) is 14.8. The smallest absolute Gasteiger partial charge is 0.164 e. The lowest BCUT2D eigenvalue weighted by Crippen LogP contribution is -2.36. The van der Waals surface area contributed by atoms with Crippen LogP contribution in [0.4, 0.5) is 5.82 Å². The van der Waals surface area contributed by atoms with Crippen molar-refractivity contribution >= 4 is 58.1 Å². The van der Waals surface area contributed by atoms with E-state index in [4.69, 9.17) is 56.5 Å². The Labute approximate surface area is 200 Å². The van der Waals surface area contributed by atoms with Crippen LogP contribution in [-0.2, 0) is 0 Å². The highest BCUT2D eigenvalue weighted by atomic mass is 35.5. The van der Waals surface area contributed by atoms with E-state index in [1.165, 1.54) is 5.56 Å². The summed E-state index contributed by atoms with van der Waals surface area (Å²) in [6.07, 6.45) is 3.50. The average molecular weight is 490 g/mol. The number of hydrogen-bond acceptors (Lipinski definition) is 3. The van der Waals surface area contributed by atoms with Crippen LogP contribution in [0.15, 0.2) is 69.8 Å². The van der Waals surface area contributed by atoms with E-state index in [-0.39, 0.29) is 6.04 Å². The highest BCUT2D eigenvalue weighted by Crippen LogP contribution is 2.47. The van der Waals surface area contributed by atoms with Crippen molar-refractivity contribution in [2.24, 2.45) is 4.99 Å². The second kappa shape index (κ2) is 7.72. The summed E-state index contributed by atoms with van der Waals surface area (Å²) in [5.41, 5.74) is 4.71. The zero-order valence-electron chi connectivity index (χ0n) is 16.6. The van der Waals surface area contributed by atoms with Gasteiger partial charge in [-0.15, -0.1) is 0 Å². The molecule has 0 unspecified atom stereocenters. The Hall–Kier alpha value is -2.24. The molecule has 0 spiro atoms. The Bertz CT molecular complexity index is 1300. The molecule has 4 nitrogen and oxygen atoms in total. The van der Waals surface area contributed by atoms with Gasteiger partial charge in [-0.3, -0.25) is 0 Å². The minimum atomic E-state index is -0.317. The van der Waals surface area contributed by atoms with Crippen LogP contribution in [0.1, 0.15) is 28.4 Å². The molecule has 1 aromatic heterocycles. The Morgan fingerprint density at radius 1 is 0.935 bits per heavy atom. The number of aromatic nitrogens is 2. The molecule has 2 aliphatic rings. The lowest BCUT2D eigenvalue weighted by molar-refractivity contribution is 0.460. The van der Waals surface area contributed by atoms with Crippen molar-refractivity contribution in [1.29, 1.82) is 0 Å². The van der Waals surface area contributed by atoms with Crippen LogP contribution in [0.2, 0.25) is 10.0 Å². The SMILES string of the molecule is Cc1ccc(-n2nc(C)c3c2N=C2C(Cl)=CC(Cl)=CN2[C@@H]3c2ccc(Cl)cc2Cl)cc1. The molecule has 0 saturated heterocycles. The Kier molecular flexibility index (Phi) is 5.14. The summed E-state index contributed by atoms with van der Waals surface area (Å²) in [5.74, 6) is 1.30. The standard InChI is InChI=1S/C23H16Cl4N4/c1-12-3-6-16(7-4-12)31-23-20(13(2)29-31)21(17-8-5-14(24)9-18(17)26)30-11-15(25)10-19(27)22(30)28-23/h3-11,21H,1-2H3/t21-/m1/s1. The number of hydrogen-bond donors (Lipinski definition) is 0. The second-order valence-corrected chi connectivity index (χ2v) is 9.17. The van der Waals surface area contributed by atoms with E-state index < -0.39 is 0 Å². The number of fused-ring (bicyclic) bond motifs is 2. The van der Waals surface area contributed by atoms with E-state index in [1.54, 1.807) is 12.1 Å². The van der Waals surface area contributed by atoms with Gasteiger partial charge in [0.1, 0.15) is 0 Å². The lowest BCUT2D eigenvalue weighted by Gasteiger charge is -2.37. The number of benzene rings is 2. The quantitative estimate of drug-likeness (QED) is 0.374. The normalized spacial score (nSPS) is 17.5. The Morgan fingerprint density at radius 3 is 2.39 bits per heavy atom. The van der Waals surface area contributed by atoms with Crippen LogP contribution < -0.4 is 0 Å². The zero-order valence-corrected chi connectivity index (χ0v) is 19.6. The van der Waals surface area contributed by atoms with Gasteiger partial charge in [0.2, 0.25) is 0 Å². The highest BCUT2D eigenvalue weighted by molar-refractivity contribution is 6.45. The van der Waals surface area contributed by atoms with E-state index in [0.29, 0.717) is 31.8 Å². The molecule has 0 fully saturated rings. The molecule has 0 N–H and O–H groups in total. The predicted molar refractivity (Wildman–Crippen MR) is 128 cm³/mol. The molecule has 0 amide bonds. The van der Waals surface area contributed by atoms with E-state index in [0.717, 1.165) is 22.5 Å². The van der Waals surface area contributed by atoms with Crippen LogP contribution in [0.5, 0.6) is 0 Å². The third-order valence-electron chi connectivity index (χ3n) is 5.37. The van der Waals surface area contributed by atoms with Crippen LogP contribution in [0.25, 0.3) is 5.69 Å². The predicted octanol–water partition coefficient (Wildman–Crippen LogP) is 7.45. The molecule has 0 radical (unpaired) electrons. The zero-order chi connectivity index (χ0) is 21.9. The van der Waals surface area contributed by atoms with E-state index in [9.17, 15) is 0 Å². The van der Waals surface area contributed by atoms with Gasteiger partial charge in [-0.05, 0) is 49.8 Å². The molecule has 3 aromatic rings. The summed E-state index contributed by atoms with van der Waals surface area (Å²) in [6.45, 7) is 4.01. The third kappa shape index (κ3) is 3.48. The van der Waals surface area contributed by atoms with Crippen LogP contribution in [0, 0.1) is 13.8 Å². The monoisotopic (exact) mass is 488 g/mol. The number of halogens is 4. The maximum Gasteiger partial charge on any atom is 0.164 e. The van der Waals surface area contributed by atoms with Gasteiger partial charge in [-0.2, -0.15) is 5.10 Å². The van der Waals surface area contributed by atoms with Crippen molar-refractivity contribution < 1.29 is 0 Å². The molecule has 3 heterocycles. The molecule has 8 heteroatoms. The largest absolute Gasteiger partial charge is 0.318 e. The van der Waals surface area contributed by atoms with Crippen molar-refractivity contribution in [3.8, 4) is 5.69 Å². The molecule has 2 aliphatic heterocycles. The maximum atomic E-state index is 6.65. The molecule has 5 rings (SSSR count). The number of nitrogens with zero attached hydrogens (tertiary/aromatic N) is 4. The highest BCUT2D eigenvalue weighted by Gasteiger charge is 2.38. The van der Waals surface area contributed by atoms with Gasteiger partial charge in [0.25, 0.3) is 0 Å². The molecular weight excluding hydrogens is 474 g/mol. The third-order valence-corrected chi connectivity index (χ3v) is 6.41. The van der Waals surface area contributed by atoms with Crippen molar-refractivity contribution in [1.82, 2.24) is 14.7 Å². The number of amidine groups is 1. The van der Waals surface area contributed by atoms with Gasteiger partial charge in [-0.25, -0.2) is 9.67 Å². The number of rotatable bonds is 2. The van der Waals surface area contributed by atoms with Gasteiger partial charge in [0.05, 0.1) is 27.5 Å². The molecule has 0 saturated carbocycles. The maximum absolute atomic E-state index is 6.65. The van der Waals surface area contributed by atoms with Gasteiger partial charge in [0.15, 0.2) is 11.7 Å². The Morgan fingerprint density at radius 2 is 1.68 bits per heavy atom. The fourth-order valence-electron chi connectivity index (χ4n) is 3.94. The minimum absolute atomic E-state index is 0.317. The molecule has 156 valence electrons. The first kappa shape index (κ1) is 20.7. The van der Waals surface area contributed by atoms with E-state index in [2.05, 4.69) is 0 Å². The van der Waals surface area contributed by atoms with Gasteiger partial charge in [-0.1, -0.05) is 70.2 Å². The summed E-state index contributed by atoms with van der Waals surface area (Å²) in [7, 11) is 0. The second-order valence-electron chi connectivity index (χ2n) is 7.49. The molecule has 2 aromatic carbocycles. The van der Waals surface area contributed by atoms with E-state index >= 15 is 0 Å². The van der Waals surface area contributed by atoms with Crippen LogP contribution >= 0.6 is 46.4 Å². The first-order valence-electron chi connectivity index (χ1n) is 9.57. The van der Waals surface area contributed by atoms with Crippen LogP contribution in [-0.4, -0.2) is 20.5 Å². The molecule has 1 atom stereocenters. The van der Waals surface area contributed by atoms with Gasteiger partial charge >= 0.3 is 0 Å². The van der Waals surface area contributed by atoms with Crippen molar-refractivity contribution in [2.45, 2.75) is 19.9 Å². The lowest BCUT2D eigenvalue weighted by atomic mass is 9.94. The molecule has 31 heavy (non-hydrogen) atoms. The summed E-state index contributed by atoms with van der Waals surface area (Å²) < 4.78 is 1.84. The number of aliphatic imine (C=N–C) groups is 1. The fraction of sp³-hybridized carbons (Fsp3) is 0.130. The first-order valence-corrected chi connectivity index (χ1v) is 11.1. The summed E-state index contributed by atoms with van der Waals surface area (Å²) in [4.78, 5) is 6.84. The summed E-state index contributed by atoms with van der Waals surface area (Å²) in [6, 6.07) is 13.3. The number of allylic oxidation sites excluding steroid dienone is 2. The van der Waals surface area contributed by atoms with Crippen molar-refractivity contribution in [3.05, 3.63) is 97.2 Å². The van der Waals surface area contributed by atoms with Crippen molar-refractivity contribution in [2.75, 3.05) is 0 Å². The molecular formula is C23H16Cl4N4. The topological polar surface area (TPSA) is 33.4 Å². The summed E-state index contributed by atoms with van der Waals surface area (Å²) >= 11 is 25.7. The molecule has 0 bridgehead atoms. The average Bonchev–Trinajstić information content (AvgIpc) is 3.04. The van der Waals surface area contributed by atoms with E-state index in [1.807, 2.05) is 66.0 Å².